The number of hydrogen-bond donors (Lipinski definition) is 1. The molecule has 0 saturated carbocycles. The first-order chi connectivity index (χ1) is 26.0. The third kappa shape index (κ3) is 5.45. The smallest absolute Gasteiger partial charge is 0.149 e. The van der Waals surface area contributed by atoms with Crippen molar-refractivity contribution >= 4 is 59.9 Å². The van der Waals surface area contributed by atoms with E-state index in [1.54, 1.807) is 0 Å². The summed E-state index contributed by atoms with van der Waals surface area (Å²) in [4.78, 5) is 10.4. The molecule has 5 heteroatoms. The summed E-state index contributed by atoms with van der Waals surface area (Å²) >= 11 is 0. The number of aromatic nitrogens is 3. The molecule has 0 saturated heterocycles. The quantitative estimate of drug-likeness (QED) is 0.142. The monoisotopic (exact) mass is 893 g/mol. The minimum atomic E-state index is -0.290. The zero-order valence-corrected chi connectivity index (χ0v) is 34.0. The summed E-state index contributed by atoms with van der Waals surface area (Å²) in [6.45, 7) is 13.2. The van der Waals surface area contributed by atoms with Gasteiger partial charge in [-0.1, -0.05) is 138 Å². The van der Waals surface area contributed by atoms with Crippen molar-refractivity contribution in [2.75, 3.05) is 0 Å². The Morgan fingerprint density at radius 2 is 1.25 bits per heavy atom. The van der Waals surface area contributed by atoms with Crippen molar-refractivity contribution < 1.29 is 26.2 Å². The number of fused-ring (bicyclic) bond motifs is 5. The van der Waals surface area contributed by atoms with Gasteiger partial charge in [-0.15, -0.1) is 29.3 Å². The largest absolute Gasteiger partial charge is 0.507 e. The van der Waals surface area contributed by atoms with Gasteiger partial charge in [0.25, 0.3) is 0 Å². The Kier molecular flexibility index (Phi) is 7.98. The SMILES string of the molecule is CC(C)(C)c1cc(-c2cc(-c3ccccc3)ccn2)[c-]c(-c2cccc3c2nc2c4c(O)c(C(C)(C)C)cc5ccc6ccc7cccc(c7c6c54)n32)c1.[Pt]. The second-order valence-corrected chi connectivity index (χ2v) is 16.8. The van der Waals surface area contributed by atoms with E-state index in [0.29, 0.717) is 5.75 Å². The van der Waals surface area contributed by atoms with Crippen molar-refractivity contribution in [1.82, 2.24) is 14.4 Å². The third-order valence-corrected chi connectivity index (χ3v) is 11.2. The van der Waals surface area contributed by atoms with Crippen molar-refractivity contribution in [1.29, 1.82) is 0 Å². The fourth-order valence-electron chi connectivity index (χ4n) is 8.44. The summed E-state index contributed by atoms with van der Waals surface area (Å²) in [7, 11) is 0. The third-order valence-electron chi connectivity index (χ3n) is 11.2. The van der Waals surface area contributed by atoms with E-state index >= 15 is 0 Å². The van der Waals surface area contributed by atoms with E-state index in [0.717, 1.165) is 93.6 Å². The molecule has 0 aliphatic heterocycles. The second-order valence-electron chi connectivity index (χ2n) is 16.8. The van der Waals surface area contributed by atoms with Crippen molar-refractivity contribution in [3.63, 3.8) is 0 Å². The van der Waals surface area contributed by atoms with Gasteiger partial charge in [-0.3, -0.25) is 9.38 Å². The van der Waals surface area contributed by atoms with Crippen molar-refractivity contribution in [2.24, 2.45) is 0 Å². The molecule has 3 aromatic heterocycles. The number of phenols is 1. The number of pyridine rings is 1. The van der Waals surface area contributed by atoms with Gasteiger partial charge in [-0.25, -0.2) is 4.98 Å². The Bertz CT molecular complexity index is 3130. The predicted molar refractivity (Wildman–Crippen MR) is 226 cm³/mol. The van der Waals surface area contributed by atoms with E-state index in [9.17, 15) is 5.11 Å². The van der Waals surface area contributed by atoms with Crippen molar-refractivity contribution in [3.8, 4) is 39.3 Å². The van der Waals surface area contributed by atoms with Crippen molar-refractivity contribution in [3.05, 3.63) is 145 Å². The fraction of sp³-hybridized carbons (Fsp3) is 0.160. The molecule has 0 fully saturated rings. The van der Waals surface area contributed by atoms with Gasteiger partial charge in [-0.2, -0.15) is 0 Å². The first-order valence-corrected chi connectivity index (χ1v) is 18.7. The van der Waals surface area contributed by atoms with Gasteiger partial charge in [0.2, 0.25) is 0 Å². The molecule has 10 rings (SSSR count). The molecule has 3 heterocycles. The molecular formula is C50H40N3OPt-. The number of hydrogen-bond acceptors (Lipinski definition) is 3. The first kappa shape index (κ1) is 35.1. The molecule has 1 N–H and O–H groups in total. The Balaban J connectivity index is 0.00000397. The van der Waals surface area contributed by atoms with Gasteiger partial charge in [0.05, 0.1) is 21.9 Å². The molecule has 0 aliphatic rings. The molecule has 0 aliphatic carbocycles. The summed E-state index contributed by atoms with van der Waals surface area (Å²) in [6.07, 6.45) is 1.89. The van der Waals surface area contributed by atoms with E-state index in [-0.39, 0.29) is 31.9 Å². The number of rotatable bonds is 3. The Hall–Kier alpha value is -5.57. The normalized spacial score (nSPS) is 12.5. The van der Waals surface area contributed by atoms with Gasteiger partial charge < -0.3 is 5.11 Å². The molecule has 0 amide bonds. The molecule has 272 valence electrons. The Morgan fingerprint density at radius 1 is 0.582 bits per heavy atom. The summed E-state index contributed by atoms with van der Waals surface area (Å²) < 4.78 is 2.28. The minimum absolute atomic E-state index is 0. The number of phenolic OH excluding ortho intramolecular Hbond substituents is 1. The molecule has 0 radical (unpaired) electrons. The van der Waals surface area contributed by atoms with Gasteiger partial charge >= 0.3 is 0 Å². The predicted octanol–water partition coefficient (Wildman–Crippen LogP) is 13.0. The van der Waals surface area contributed by atoms with Gasteiger partial charge in [0, 0.05) is 54.7 Å². The molecule has 10 aromatic rings. The number of aromatic hydroxyl groups is 1. The zero-order valence-electron chi connectivity index (χ0n) is 31.7. The maximum atomic E-state index is 12.4. The van der Waals surface area contributed by atoms with Gasteiger partial charge in [0.15, 0.2) is 0 Å². The van der Waals surface area contributed by atoms with Crippen LogP contribution in [0, 0.1) is 6.07 Å². The molecular weight excluding hydrogens is 854 g/mol. The van der Waals surface area contributed by atoms with Crippen LogP contribution in [0.5, 0.6) is 5.75 Å². The molecule has 7 aromatic carbocycles. The fourth-order valence-corrected chi connectivity index (χ4v) is 8.44. The van der Waals surface area contributed by atoms with Crippen LogP contribution in [0.4, 0.5) is 0 Å². The maximum Gasteiger partial charge on any atom is 0.149 e. The van der Waals surface area contributed by atoms with E-state index in [1.165, 1.54) is 10.9 Å². The molecule has 55 heavy (non-hydrogen) atoms. The summed E-state index contributed by atoms with van der Waals surface area (Å²) in [5.41, 5.74) is 11.4. The first-order valence-electron chi connectivity index (χ1n) is 18.7. The maximum absolute atomic E-state index is 12.4. The van der Waals surface area contributed by atoms with Crippen LogP contribution in [0.1, 0.15) is 52.7 Å². The average Bonchev–Trinajstić information content (AvgIpc) is 3.49. The standard InChI is InChI=1S/C50H40N3O.Pt/c1-49(2,3)36-25-34(24-35(26-36)39-28-32(22-23-51-39)29-12-8-7-9-13-29)37-15-11-17-41-46(37)52-48-45-44-33(27-38(47(45)54)50(4,5)6)21-20-31-19-18-30-14-10-16-40(53(41)48)42(30)43(31)44;/h7-23,25-28,54H,1-6H3;/q-1;. The van der Waals surface area contributed by atoms with Crippen LogP contribution < -0.4 is 0 Å². The molecule has 0 bridgehead atoms. The van der Waals surface area contributed by atoms with Crippen LogP contribution in [-0.4, -0.2) is 19.5 Å². The molecule has 0 spiro atoms. The van der Waals surface area contributed by atoms with E-state index in [2.05, 4.69) is 167 Å². The van der Waals surface area contributed by atoms with Crippen molar-refractivity contribution in [2.45, 2.75) is 52.4 Å². The van der Waals surface area contributed by atoms with Gasteiger partial charge in [0.1, 0.15) is 11.4 Å². The van der Waals surface area contributed by atoms with Gasteiger partial charge in [-0.05, 0) is 62.4 Å². The average molecular weight is 894 g/mol. The van der Waals surface area contributed by atoms with Crippen LogP contribution in [0.25, 0.3) is 93.4 Å². The number of nitrogens with zero attached hydrogens (tertiary/aromatic N) is 3. The zero-order chi connectivity index (χ0) is 37.1. The summed E-state index contributed by atoms with van der Waals surface area (Å²) in [6, 6.07) is 46.9. The van der Waals surface area contributed by atoms with Crippen LogP contribution in [-0.2, 0) is 31.9 Å². The number of para-hydroxylation sites is 1. The molecule has 4 nitrogen and oxygen atoms in total. The van der Waals surface area contributed by atoms with E-state index < -0.39 is 0 Å². The molecule has 0 atom stereocenters. The van der Waals surface area contributed by atoms with Crippen LogP contribution in [0.3, 0.4) is 0 Å². The van der Waals surface area contributed by atoms with Crippen LogP contribution in [0.2, 0.25) is 0 Å². The van der Waals surface area contributed by atoms with E-state index in [4.69, 9.17) is 9.97 Å². The second kappa shape index (κ2) is 12.5. The van der Waals surface area contributed by atoms with Crippen LogP contribution >= 0.6 is 0 Å². The Labute approximate surface area is 335 Å². The topological polar surface area (TPSA) is 50.4 Å². The summed E-state index contributed by atoms with van der Waals surface area (Å²) in [5.74, 6) is 0.290. The summed E-state index contributed by atoms with van der Waals surface area (Å²) in [5, 5.41) is 20.0. The number of benzene rings is 7. The number of imidazole rings is 1. The minimum Gasteiger partial charge on any atom is -0.507 e. The Morgan fingerprint density at radius 3 is 2.00 bits per heavy atom. The molecule has 0 unspecified atom stereocenters. The van der Waals surface area contributed by atoms with Crippen LogP contribution in [0.15, 0.2) is 128 Å². The van der Waals surface area contributed by atoms with E-state index in [1.807, 2.05) is 12.3 Å².